The average Bonchev–Trinajstić information content (AvgIpc) is 3.10. The lowest BCUT2D eigenvalue weighted by atomic mass is 10.1. The number of hydrogen-bond acceptors (Lipinski definition) is 4. The van der Waals surface area contributed by atoms with Gasteiger partial charge >= 0.3 is 0 Å². The quantitative estimate of drug-likeness (QED) is 0.861. The Morgan fingerprint density at radius 1 is 1.19 bits per heavy atom. The van der Waals surface area contributed by atoms with Gasteiger partial charge in [0.15, 0.2) is 0 Å². The van der Waals surface area contributed by atoms with Crippen molar-refractivity contribution in [3.8, 4) is 0 Å². The van der Waals surface area contributed by atoms with Crippen molar-refractivity contribution in [1.82, 2.24) is 14.8 Å². The Balaban J connectivity index is 1.49. The molecule has 1 aromatic heterocycles. The zero-order valence-electron chi connectivity index (χ0n) is 13.1. The molecular weight excluding hydrogens is 282 g/mol. The fourth-order valence-corrected chi connectivity index (χ4v) is 4.33. The van der Waals surface area contributed by atoms with E-state index >= 15 is 0 Å². The van der Waals surface area contributed by atoms with E-state index < -0.39 is 0 Å². The molecule has 0 unspecified atom stereocenters. The van der Waals surface area contributed by atoms with Crippen LogP contribution in [0.2, 0.25) is 0 Å². The van der Waals surface area contributed by atoms with Crippen LogP contribution in [0.15, 0.2) is 0 Å². The van der Waals surface area contributed by atoms with Crippen LogP contribution in [-0.2, 0) is 11.3 Å². The molecule has 2 heterocycles. The van der Waals surface area contributed by atoms with E-state index in [9.17, 15) is 4.79 Å². The lowest BCUT2D eigenvalue weighted by Gasteiger charge is -2.35. The van der Waals surface area contributed by atoms with Crippen LogP contribution in [0.25, 0.3) is 0 Å². The molecule has 0 spiro atoms. The summed E-state index contributed by atoms with van der Waals surface area (Å²) in [4.78, 5) is 22.9. The second kappa shape index (κ2) is 6.44. The summed E-state index contributed by atoms with van der Waals surface area (Å²) in [6.07, 6.45) is 4.69. The molecule has 0 bridgehead atoms. The zero-order valence-corrected chi connectivity index (χ0v) is 13.9. The van der Waals surface area contributed by atoms with Gasteiger partial charge in [-0.25, -0.2) is 4.98 Å². The largest absolute Gasteiger partial charge is 0.340 e. The van der Waals surface area contributed by atoms with E-state index in [4.69, 9.17) is 0 Å². The van der Waals surface area contributed by atoms with Crippen molar-refractivity contribution in [3.63, 3.8) is 0 Å². The van der Waals surface area contributed by atoms with Gasteiger partial charge in [-0.1, -0.05) is 12.8 Å². The average molecular weight is 307 g/mol. The number of carbonyl (C=O) groups excluding carboxylic acids is 1. The van der Waals surface area contributed by atoms with Crippen LogP contribution < -0.4 is 0 Å². The zero-order chi connectivity index (χ0) is 14.8. The molecule has 1 amide bonds. The molecule has 0 aromatic carbocycles. The van der Waals surface area contributed by atoms with Crippen LogP contribution in [0.1, 0.15) is 41.3 Å². The van der Waals surface area contributed by atoms with E-state index in [2.05, 4.69) is 28.6 Å². The SMILES string of the molecule is Cc1nc(CN2CCN(C(=O)C3CCCC3)CC2)sc1C. The number of aryl methyl sites for hydroxylation is 2. The van der Waals surface area contributed by atoms with Crippen molar-refractivity contribution in [2.45, 2.75) is 46.1 Å². The first-order chi connectivity index (χ1) is 10.1. The summed E-state index contributed by atoms with van der Waals surface area (Å²) in [6, 6.07) is 0. The van der Waals surface area contributed by atoms with Gasteiger partial charge in [-0.05, 0) is 26.7 Å². The summed E-state index contributed by atoms with van der Waals surface area (Å²) in [5.41, 5.74) is 1.16. The first kappa shape index (κ1) is 15.0. The fourth-order valence-electron chi connectivity index (χ4n) is 3.36. The second-order valence-electron chi connectivity index (χ2n) is 6.33. The minimum absolute atomic E-state index is 0.320. The standard InChI is InChI=1S/C16H25N3OS/c1-12-13(2)21-15(17-12)11-18-7-9-19(10-8-18)16(20)14-5-3-4-6-14/h14H,3-11H2,1-2H3. The third-order valence-electron chi connectivity index (χ3n) is 4.82. The van der Waals surface area contributed by atoms with Crippen molar-refractivity contribution >= 4 is 17.2 Å². The number of rotatable bonds is 3. The summed E-state index contributed by atoms with van der Waals surface area (Å²) < 4.78 is 0. The van der Waals surface area contributed by atoms with E-state index in [0.717, 1.165) is 51.3 Å². The summed E-state index contributed by atoms with van der Waals surface area (Å²) in [7, 11) is 0. The topological polar surface area (TPSA) is 36.4 Å². The van der Waals surface area contributed by atoms with Crippen molar-refractivity contribution in [1.29, 1.82) is 0 Å². The summed E-state index contributed by atoms with van der Waals surface area (Å²) in [5, 5.41) is 1.21. The van der Waals surface area contributed by atoms with Gasteiger partial charge in [-0.2, -0.15) is 0 Å². The van der Waals surface area contributed by atoms with Gasteiger partial charge in [0.1, 0.15) is 5.01 Å². The number of amides is 1. The van der Waals surface area contributed by atoms with E-state index in [0.29, 0.717) is 11.8 Å². The number of aromatic nitrogens is 1. The molecule has 1 aromatic rings. The van der Waals surface area contributed by atoms with Crippen LogP contribution in [0.3, 0.4) is 0 Å². The minimum atomic E-state index is 0.320. The van der Waals surface area contributed by atoms with E-state index in [-0.39, 0.29) is 0 Å². The number of thiazole rings is 1. The van der Waals surface area contributed by atoms with E-state index in [1.54, 1.807) is 11.3 Å². The molecule has 1 aliphatic carbocycles. The molecule has 0 atom stereocenters. The molecule has 3 rings (SSSR count). The number of carbonyl (C=O) groups is 1. The van der Waals surface area contributed by atoms with Crippen molar-refractivity contribution in [2.24, 2.45) is 5.92 Å². The van der Waals surface area contributed by atoms with Crippen LogP contribution in [-0.4, -0.2) is 46.9 Å². The Hall–Kier alpha value is -0.940. The predicted molar refractivity (Wildman–Crippen MR) is 85.4 cm³/mol. The minimum Gasteiger partial charge on any atom is -0.340 e. The van der Waals surface area contributed by atoms with Gasteiger partial charge in [0.2, 0.25) is 5.91 Å². The van der Waals surface area contributed by atoms with Gasteiger partial charge in [0.05, 0.1) is 12.2 Å². The summed E-state index contributed by atoms with van der Waals surface area (Å²) in [6.45, 7) is 8.89. The Kier molecular flexibility index (Phi) is 4.60. The predicted octanol–water partition coefficient (Wildman–Crippen LogP) is 2.59. The number of piperazine rings is 1. The molecule has 0 N–H and O–H groups in total. The Morgan fingerprint density at radius 3 is 2.43 bits per heavy atom. The third kappa shape index (κ3) is 3.46. The molecule has 21 heavy (non-hydrogen) atoms. The highest BCUT2D eigenvalue weighted by Gasteiger charge is 2.29. The van der Waals surface area contributed by atoms with E-state index in [1.165, 1.54) is 22.7 Å². The number of hydrogen-bond donors (Lipinski definition) is 0. The maximum Gasteiger partial charge on any atom is 0.225 e. The lowest BCUT2D eigenvalue weighted by molar-refractivity contribution is -0.137. The fraction of sp³-hybridized carbons (Fsp3) is 0.750. The molecule has 0 radical (unpaired) electrons. The second-order valence-corrected chi connectivity index (χ2v) is 7.62. The van der Waals surface area contributed by atoms with Crippen LogP contribution in [0.5, 0.6) is 0 Å². The molecule has 1 aliphatic heterocycles. The normalized spacial score (nSPS) is 21.1. The van der Waals surface area contributed by atoms with E-state index in [1.807, 2.05) is 0 Å². The monoisotopic (exact) mass is 307 g/mol. The van der Waals surface area contributed by atoms with Crippen LogP contribution in [0, 0.1) is 19.8 Å². The van der Waals surface area contributed by atoms with Crippen LogP contribution in [0.4, 0.5) is 0 Å². The maximum absolute atomic E-state index is 12.4. The van der Waals surface area contributed by atoms with Crippen molar-refractivity contribution in [3.05, 3.63) is 15.6 Å². The highest BCUT2D eigenvalue weighted by Crippen LogP contribution is 2.27. The molecular formula is C16H25N3OS. The summed E-state index contributed by atoms with van der Waals surface area (Å²) >= 11 is 1.80. The Labute approximate surface area is 131 Å². The molecule has 2 aliphatic rings. The van der Waals surface area contributed by atoms with Crippen molar-refractivity contribution < 1.29 is 4.79 Å². The molecule has 4 nitrogen and oxygen atoms in total. The molecule has 2 fully saturated rings. The third-order valence-corrected chi connectivity index (χ3v) is 5.88. The molecule has 1 saturated carbocycles. The number of nitrogens with zero attached hydrogens (tertiary/aromatic N) is 3. The van der Waals surface area contributed by atoms with Gasteiger partial charge in [-0.3, -0.25) is 9.69 Å². The molecule has 116 valence electrons. The van der Waals surface area contributed by atoms with Crippen molar-refractivity contribution in [2.75, 3.05) is 26.2 Å². The van der Waals surface area contributed by atoms with Gasteiger partial charge in [0, 0.05) is 37.0 Å². The first-order valence-corrected chi connectivity index (χ1v) is 8.89. The maximum atomic E-state index is 12.4. The Bertz CT molecular complexity index is 480. The van der Waals surface area contributed by atoms with Gasteiger partial charge in [0.25, 0.3) is 0 Å². The Morgan fingerprint density at radius 2 is 1.86 bits per heavy atom. The highest BCUT2D eigenvalue weighted by molar-refractivity contribution is 7.11. The van der Waals surface area contributed by atoms with Gasteiger partial charge < -0.3 is 4.90 Å². The highest BCUT2D eigenvalue weighted by atomic mass is 32.1. The molecule has 5 heteroatoms. The summed E-state index contributed by atoms with van der Waals surface area (Å²) in [5.74, 6) is 0.730. The lowest BCUT2D eigenvalue weighted by Crippen LogP contribution is -2.49. The smallest absolute Gasteiger partial charge is 0.225 e. The molecule has 1 saturated heterocycles. The first-order valence-electron chi connectivity index (χ1n) is 8.07. The van der Waals surface area contributed by atoms with Gasteiger partial charge in [-0.15, -0.1) is 11.3 Å². The van der Waals surface area contributed by atoms with Crippen LogP contribution >= 0.6 is 11.3 Å².